The molecule has 106 valence electrons. The van der Waals surface area contributed by atoms with E-state index in [1.807, 2.05) is 42.5 Å². The van der Waals surface area contributed by atoms with Gasteiger partial charge in [0.1, 0.15) is 0 Å². The zero-order valence-corrected chi connectivity index (χ0v) is 12.4. The Hall–Kier alpha value is -2.07. The Bertz CT molecular complexity index is 722. The molecule has 0 aromatic heterocycles. The van der Waals surface area contributed by atoms with E-state index in [9.17, 15) is 9.59 Å². The van der Waals surface area contributed by atoms with Gasteiger partial charge in [-0.15, -0.1) is 11.8 Å². The van der Waals surface area contributed by atoms with Crippen LogP contribution in [-0.4, -0.2) is 18.9 Å². The van der Waals surface area contributed by atoms with E-state index in [4.69, 9.17) is 0 Å². The molecule has 1 aliphatic rings. The van der Waals surface area contributed by atoms with Gasteiger partial charge < -0.3 is 4.74 Å². The summed E-state index contributed by atoms with van der Waals surface area (Å²) in [5, 5.41) is 0. The van der Waals surface area contributed by atoms with Crippen LogP contribution in [0.4, 0.5) is 0 Å². The molecule has 0 aliphatic carbocycles. The molecule has 0 unspecified atom stereocenters. The van der Waals surface area contributed by atoms with E-state index in [1.165, 1.54) is 7.11 Å². The van der Waals surface area contributed by atoms with Crippen molar-refractivity contribution < 1.29 is 14.3 Å². The molecule has 0 fully saturated rings. The van der Waals surface area contributed by atoms with Crippen molar-refractivity contribution in [2.75, 3.05) is 7.11 Å². The van der Waals surface area contributed by atoms with Gasteiger partial charge in [0.15, 0.2) is 5.78 Å². The highest BCUT2D eigenvalue weighted by molar-refractivity contribution is 7.98. The van der Waals surface area contributed by atoms with Crippen LogP contribution in [-0.2, 0) is 21.7 Å². The van der Waals surface area contributed by atoms with Crippen LogP contribution < -0.4 is 0 Å². The maximum Gasteiger partial charge on any atom is 0.309 e. The van der Waals surface area contributed by atoms with Gasteiger partial charge in [0.25, 0.3) is 0 Å². The maximum absolute atomic E-state index is 12.6. The predicted octanol–water partition coefficient (Wildman–Crippen LogP) is 3.24. The molecule has 0 N–H and O–H groups in total. The highest BCUT2D eigenvalue weighted by atomic mass is 32.2. The lowest BCUT2D eigenvalue weighted by molar-refractivity contribution is -0.139. The fraction of sp³-hybridized carbons (Fsp3) is 0.176. The van der Waals surface area contributed by atoms with Crippen molar-refractivity contribution in [2.45, 2.75) is 17.1 Å². The second kappa shape index (κ2) is 5.74. The third kappa shape index (κ3) is 2.72. The van der Waals surface area contributed by atoms with Gasteiger partial charge in [-0.25, -0.2) is 0 Å². The molecule has 0 atom stereocenters. The maximum atomic E-state index is 12.6. The van der Waals surface area contributed by atoms with Crippen LogP contribution in [0.2, 0.25) is 0 Å². The summed E-state index contributed by atoms with van der Waals surface area (Å²) < 4.78 is 4.68. The van der Waals surface area contributed by atoms with E-state index in [0.29, 0.717) is 0 Å². The summed E-state index contributed by atoms with van der Waals surface area (Å²) in [4.78, 5) is 25.0. The first-order chi connectivity index (χ1) is 10.2. The van der Waals surface area contributed by atoms with Crippen molar-refractivity contribution >= 4 is 23.5 Å². The number of ether oxygens (including phenoxy) is 1. The van der Waals surface area contributed by atoms with Gasteiger partial charge in [0, 0.05) is 21.8 Å². The van der Waals surface area contributed by atoms with Crippen molar-refractivity contribution in [1.82, 2.24) is 0 Å². The minimum atomic E-state index is -0.272. The molecule has 1 heterocycles. The van der Waals surface area contributed by atoms with Crippen LogP contribution in [0.3, 0.4) is 0 Å². The van der Waals surface area contributed by atoms with Gasteiger partial charge >= 0.3 is 5.97 Å². The molecule has 2 aromatic carbocycles. The lowest BCUT2D eigenvalue weighted by Crippen LogP contribution is -2.07. The van der Waals surface area contributed by atoms with Gasteiger partial charge in [0.2, 0.25) is 0 Å². The van der Waals surface area contributed by atoms with Crippen molar-refractivity contribution in [2.24, 2.45) is 0 Å². The number of ketones is 1. The number of thioether (sulfide) groups is 1. The molecule has 21 heavy (non-hydrogen) atoms. The second-order valence-electron chi connectivity index (χ2n) is 4.86. The van der Waals surface area contributed by atoms with Crippen LogP contribution in [0.15, 0.2) is 47.4 Å². The average molecular weight is 298 g/mol. The van der Waals surface area contributed by atoms with E-state index in [1.54, 1.807) is 11.8 Å². The number of esters is 1. The highest BCUT2D eigenvalue weighted by Gasteiger charge is 2.21. The normalized spacial score (nSPS) is 13.1. The van der Waals surface area contributed by atoms with Gasteiger partial charge in [-0.3, -0.25) is 9.59 Å². The van der Waals surface area contributed by atoms with Gasteiger partial charge in [0.05, 0.1) is 13.5 Å². The molecule has 0 radical (unpaired) electrons. The highest BCUT2D eigenvalue weighted by Crippen LogP contribution is 2.33. The number of carbonyl (C=O) groups excluding carboxylic acids is 2. The molecule has 1 aliphatic heterocycles. The Kier molecular flexibility index (Phi) is 3.80. The van der Waals surface area contributed by atoms with Crippen molar-refractivity contribution in [1.29, 1.82) is 0 Å². The standard InChI is InChI=1S/C17H14O3S/c1-20-16(18)9-11-6-7-13-12(8-11)10-21-15-5-3-2-4-14(15)17(13)19/h2-8H,9-10H2,1H3. The Morgan fingerprint density at radius 3 is 2.81 bits per heavy atom. The van der Waals surface area contributed by atoms with E-state index >= 15 is 0 Å². The van der Waals surface area contributed by atoms with Crippen LogP contribution in [0.25, 0.3) is 0 Å². The Morgan fingerprint density at radius 2 is 2.00 bits per heavy atom. The first-order valence-electron chi connectivity index (χ1n) is 6.64. The fourth-order valence-corrected chi connectivity index (χ4v) is 3.46. The summed E-state index contributed by atoms with van der Waals surface area (Å²) in [6.45, 7) is 0. The molecule has 0 saturated carbocycles. The lowest BCUT2D eigenvalue weighted by Gasteiger charge is -2.07. The number of benzene rings is 2. The minimum Gasteiger partial charge on any atom is -0.469 e. The molecule has 3 nitrogen and oxygen atoms in total. The molecule has 0 saturated heterocycles. The largest absolute Gasteiger partial charge is 0.469 e. The molecule has 0 spiro atoms. The number of methoxy groups -OCH3 is 1. The number of carbonyl (C=O) groups is 2. The fourth-order valence-electron chi connectivity index (χ4n) is 2.42. The van der Waals surface area contributed by atoms with E-state index in [0.717, 1.165) is 32.9 Å². The number of hydrogen-bond donors (Lipinski definition) is 0. The minimum absolute atomic E-state index is 0.0511. The molecule has 0 amide bonds. The zero-order valence-electron chi connectivity index (χ0n) is 11.6. The van der Waals surface area contributed by atoms with Crippen LogP contribution in [0.5, 0.6) is 0 Å². The summed E-state index contributed by atoms with van der Waals surface area (Å²) in [6.07, 6.45) is 0.232. The molecular weight excluding hydrogens is 284 g/mol. The van der Waals surface area contributed by atoms with Crippen molar-refractivity contribution in [3.8, 4) is 0 Å². The zero-order chi connectivity index (χ0) is 14.8. The summed E-state index contributed by atoms with van der Waals surface area (Å²) in [7, 11) is 1.38. The summed E-state index contributed by atoms with van der Waals surface area (Å²) in [5.74, 6) is 0.508. The van der Waals surface area contributed by atoms with Gasteiger partial charge in [-0.2, -0.15) is 0 Å². The quantitative estimate of drug-likeness (QED) is 0.798. The SMILES string of the molecule is COC(=O)Cc1ccc2c(c1)CSc1ccccc1C2=O. The summed E-state index contributed by atoms with van der Waals surface area (Å²) >= 11 is 1.65. The molecule has 2 aromatic rings. The number of fused-ring (bicyclic) bond motifs is 2. The number of rotatable bonds is 2. The lowest BCUT2D eigenvalue weighted by atomic mass is 9.96. The van der Waals surface area contributed by atoms with E-state index < -0.39 is 0 Å². The van der Waals surface area contributed by atoms with Gasteiger partial charge in [-0.05, 0) is 23.3 Å². The van der Waals surface area contributed by atoms with Crippen LogP contribution >= 0.6 is 11.8 Å². The predicted molar refractivity (Wildman–Crippen MR) is 81.6 cm³/mol. The first kappa shape index (κ1) is 13.9. The topological polar surface area (TPSA) is 43.4 Å². The second-order valence-corrected chi connectivity index (χ2v) is 5.88. The van der Waals surface area contributed by atoms with Gasteiger partial charge in [-0.1, -0.05) is 30.3 Å². The Morgan fingerprint density at radius 1 is 1.19 bits per heavy atom. The van der Waals surface area contributed by atoms with Crippen molar-refractivity contribution in [3.05, 3.63) is 64.7 Å². The van der Waals surface area contributed by atoms with Crippen LogP contribution in [0, 0.1) is 0 Å². The molecule has 3 rings (SSSR count). The monoisotopic (exact) mass is 298 g/mol. The third-order valence-corrected chi connectivity index (χ3v) is 4.63. The molecule has 4 heteroatoms. The first-order valence-corrected chi connectivity index (χ1v) is 7.63. The van der Waals surface area contributed by atoms with Crippen LogP contribution in [0.1, 0.15) is 27.0 Å². The molecular formula is C17H14O3S. The number of hydrogen-bond acceptors (Lipinski definition) is 4. The average Bonchev–Trinajstić information content (AvgIpc) is 2.65. The Balaban J connectivity index is 1.99. The van der Waals surface area contributed by atoms with Crippen molar-refractivity contribution in [3.63, 3.8) is 0 Å². The smallest absolute Gasteiger partial charge is 0.309 e. The van der Waals surface area contributed by atoms with E-state index in [2.05, 4.69) is 4.74 Å². The molecule has 0 bridgehead atoms. The third-order valence-electron chi connectivity index (χ3n) is 3.51. The summed E-state index contributed by atoms with van der Waals surface area (Å²) in [6, 6.07) is 13.2. The Labute approximate surface area is 127 Å². The summed E-state index contributed by atoms with van der Waals surface area (Å²) in [5.41, 5.74) is 3.32. The van der Waals surface area contributed by atoms with E-state index in [-0.39, 0.29) is 18.2 Å².